The molecule has 0 heterocycles. The summed E-state index contributed by atoms with van der Waals surface area (Å²) in [7, 11) is 6.60. The summed E-state index contributed by atoms with van der Waals surface area (Å²) in [5.41, 5.74) is 5.99. The van der Waals surface area contributed by atoms with E-state index in [1.165, 1.54) is 89.1 Å². The summed E-state index contributed by atoms with van der Waals surface area (Å²) in [5.74, 6) is 34.7. The van der Waals surface area contributed by atoms with Gasteiger partial charge in [-0.3, -0.25) is 20.2 Å². The van der Waals surface area contributed by atoms with Gasteiger partial charge < -0.3 is 23.7 Å². The second-order valence-corrected chi connectivity index (χ2v) is 18.3. The molecule has 0 amide bonds. The van der Waals surface area contributed by atoms with Gasteiger partial charge in [-0.1, -0.05) is 95.3 Å². The highest BCUT2D eigenvalue weighted by Crippen LogP contribution is 2.37. The fraction of sp³-hybridized carbons (Fsp3) is 0.0704. The van der Waals surface area contributed by atoms with Crippen molar-refractivity contribution in [1.82, 2.24) is 0 Å². The topological polar surface area (TPSA) is 201 Å². The maximum absolute atomic E-state index is 13.2. The number of ether oxygens (including phenoxy) is 5. The molecular formula is C71H42N2O13. The standard InChI is InChI=1S/C71H42N2O13/c1-82-67-59-10-6-8-51(28-14-47-18-32-55(65(40-47)70(76)85-4)34-20-49-16-30-53(63(42-49)68(74)83-2)26-12-45-22-36-57(37-23-45)72(78)79)61(59)44-62-52(9-7-11-60(62)67)29-15-48-19-33-56(66(41-48)71(77)86-5)35-21-50-17-31-54(64(43-50)69(75)84-3)27-13-46-24-38-58(39-25-46)73(80)81/h6-11,16-19,22-25,30-33,36-44H,1-5H3. The van der Waals surface area contributed by atoms with E-state index in [9.17, 15) is 39.4 Å². The molecule has 0 bridgehead atoms. The zero-order valence-corrected chi connectivity index (χ0v) is 46.3. The van der Waals surface area contributed by atoms with Crippen LogP contribution in [0.25, 0.3) is 21.5 Å². The fourth-order valence-corrected chi connectivity index (χ4v) is 8.77. The molecule has 9 aromatic carbocycles. The van der Waals surface area contributed by atoms with Gasteiger partial charge >= 0.3 is 23.9 Å². The molecule has 9 rings (SSSR count). The third-order valence-electron chi connectivity index (χ3n) is 13.1. The van der Waals surface area contributed by atoms with Crippen LogP contribution in [0.15, 0.2) is 164 Å². The molecule has 0 aromatic heterocycles. The van der Waals surface area contributed by atoms with Gasteiger partial charge in [-0.05, 0) is 115 Å². The van der Waals surface area contributed by atoms with Gasteiger partial charge in [0.15, 0.2) is 0 Å². The Labute approximate surface area is 492 Å². The first-order valence-corrected chi connectivity index (χ1v) is 25.7. The number of fused-ring (bicyclic) bond motifs is 2. The smallest absolute Gasteiger partial charge is 0.339 e. The average Bonchev–Trinajstić information content (AvgIpc) is 1.12. The van der Waals surface area contributed by atoms with Crippen LogP contribution in [0.3, 0.4) is 0 Å². The lowest BCUT2D eigenvalue weighted by Crippen LogP contribution is -2.05. The van der Waals surface area contributed by atoms with Crippen molar-refractivity contribution in [2.45, 2.75) is 0 Å². The van der Waals surface area contributed by atoms with Gasteiger partial charge in [0.2, 0.25) is 0 Å². The van der Waals surface area contributed by atoms with Crippen LogP contribution in [-0.2, 0) is 18.9 Å². The molecule has 0 saturated heterocycles. The predicted octanol–water partition coefficient (Wildman–Crippen LogP) is 11.4. The molecule has 0 spiro atoms. The number of hydrogen-bond acceptors (Lipinski definition) is 13. The molecule has 15 nitrogen and oxygen atoms in total. The van der Waals surface area contributed by atoms with Gasteiger partial charge in [-0.2, -0.15) is 0 Å². The van der Waals surface area contributed by atoms with Crippen LogP contribution in [0, 0.1) is 91.3 Å². The SMILES string of the molecule is COC(=O)c1cc(C#Cc2ccc(C#Cc3cccc4c(OC)c5cccc(C#Cc6ccc(C#Cc7ccc(C#Cc8ccc([N+](=O)[O-])cc8)c(C(=O)OC)c7)c(C(=O)OC)c6)c5cc34)cc2C(=O)OC)ccc1C#Cc1ccc([N+](=O)[O-])cc1. The summed E-state index contributed by atoms with van der Waals surface area (Å²) in [5, 5.41) is 25.3. The first kappa shape index (κ1) is 58.0. The predicted molar refractivity (Wildman–Crippen MR) is 321 cm³/mol. The normalized spacial score (nSPS) is 9.97. The molecule has 0 aliphatic heterocycles. The molecule has 0 saturated carbocycles. The van der Waals surface area contributed by atoms with E-state index < -0.39 is 33.7 Å². The molecule has 0 radical (unpaired) electrons. The number of hydrogen-bond donors (Lipinski definition) is 0. The van der Waals surface area contributed by atoms with Crippen LogP contribution in [0.2, 0.25) is 0 Å². The van der Waals surface area contributed by atoms with Gasteiger partial charge in [-0.15, -0.1) is 0 Å². The summed E-state index contributed by atoms with van der Waals surface area (Å²) in [6.07, 6.45) is 0. The Hall–Kier alpha value is -12.7. The lowest BCUT2D eigenvalue weighted by molar-refractivity contribution is -0.385. The summed E-state index contributed by atoms with van der Waals surface area (Å²) >= 11 is 0. The number of nitro groups is 2. The maximum atomic E-state index is 13.2. The van der Waals surface area contributed by atoms with E-state index >= 15 is 0 Å². The maximum Gasteiger partial charge on any atom is 0.339 e. The second-order valence-electron chi connectivity index (χ2n) is 18.3. The van der Waals surface area contributed by atoms with E-state index in [1.807, 2.05) is 42.5 Å². The summed E-state index contributed by atoms with van der Waals surface area (Å²) in [6.45, 7) is 0. The highest BCUT2D eigenvalue weighted by molar-refractivity contribution is 6.09. The van der Waals surface area contributed by atoms with E-state index in [4.69, 9.17) is 23.7 Å². The van der Waals surface area contributed by atoms with Crippen molar-refractivity contribution in [2.24, 2.45) is 0 Å². The molecule has 0 aliphatic carbocycles. The molecule has 15 heteroatoms. The quantitative estimate of drug-likeness (QED) is 0.0365. The monoisotopic (exact) mass is 1130 g/mol. The van der Waals surface area contributed by atoms with Gasteiger partial charge in [-0.25, -0.2) is 19.2 Å². The second kappa shape index (κ2) is 26.3. The Balaban J connectivity index is 1.000. The third-order valence-corrected chi connectivity index (χ3v) is 13.1. The van der Waals surface area contributed by atoms with Crippen molar-refractivity contribution < 1.29 is 52.7 Å². The average molecular weight is 1130 g/mol. The van der Waals surface area contributed by atoms with Crippen LogP contribution in [-0.4, -0.2) is 69.3 Å². The minimum absolute atomic E-state index is 0.0766. The zero-order valence-electron chi connectivity index (χ0n) is 46.3. The number of nitro benzene ring substituents is 2. The van der Waals surface area contributed by atoms with E-state index in [1.54, 1.807) is 67.8 Å². The summed E-state index contributed by atoms with van der Waals surface area (Å²) < 4.78 is 26.3. The number of non-ortho nitro benzene ring substituents is 2. The number of rotatable bonds is 7. The van der Waals surface area contributed by atoms with Crippen LogP contribution in [0.5, 0.6) is 5.75 Å². The molecule has 0 aliphatic rings. The third kappa shape index (κ3) is 13.2. The van der Waals surface area contributed by atoms with Crippen molar-refractivity contribution in [3.05, 3.63) is 273 Å². The minimum atomic E-state index is -0.651. The summed E-state index contributed by atoms with van der Waals surface area (Å²) in [6, 6.07) is 44.3. The summed E-state index contributed by atoms with van der Waals surface area (Å²) in [4.78, 5) is 73.3. The first-order chi connectivity index (χ1) is 41.7. The fourth-order valence-electron chi connectivity index (χ4n) is 8.77. The molecule has 0 atom stereocenters. The minimum Gasteiger partial charge on any atom is -0.495 e. The van der Waals surface area contributed by atoms with Crippen molar-refractivity contribution >= 4 is 56.8 Å². The van der Waals surface area contributed by atoms with E-state index in [0.29, 0.717) is 72.5 Å². The molecule has 0 fully saturated rings. The highest BCUT2D eigenvalue weighted by atomic mass is 16.6. The van der Waals surface area contributed by atoms with Crippen molar-refractivity contribution in [2.75, 3.05) is 35.5 Å². The van der Waals surface area contributed by atoms with Crippen LogP contribution < -0.4 is 4.74 Å². The van der Waals surface area contributed by atoms with Gasteiger partial charge in [0.1, 0.15) is 5.75 Å². The number of nitrogens with zero attached hydrogens (tertiary/aromatic N) is 2. The van der Waals surface area contributed by atoms with Crippen LogP contribution in [0.4, 0.5) is 11.4 Å². The van der Waals surface area contributed by atoms with Crippen molar-refractivity contribution in [3.8, 4) is 76.8 Å². The molecule has 86 heavy (non-hydrogen) atoms. The van der Waals surface area contributed by atoms with E-state index in [0.717, 1.165) is 21.5 Å². The van der Waals surface area contributed by atoms with E-state index in [2.05, 4.69) is 71.0 Å². The van der Waals surface area contributed by atoms with Crippen molar-refractivity contribution in [3.63, 3.8) is 0 Å². The molecule has 0 unspecified atom stereocenters. The number of benzene rings is 9. The Bertz CT molecular complexity index is 4440. The van der Waals surface area contributed by atoms with Crippen LogP contribution >= 0.6 is 0 Å². The van der Waals surface area contributed by atoms with Crippen LogP contribution in [0.1, 0.15) is 108 Å². The van der Waals surface area contributed by atoms with Crippen molar-refractivity contribution in [1.29, 1.82) is 0 Å². The Morgan fingerprint density at radius 1 is 0.314 bits per heavy atom. The first-order valence-electron chi connectivity index (χ1n) is 25.7. The number of esters is 4. The number of carbonyl (C=O) groups is 4. The van der Waals surface area contributed by atoms with Gasteiger partial charge in [0, 0.05) is 113 Å². The largest absolute Gasteiger partial charge is 0.495 e. The zero-order chi connectivity index (χ0) is 60.9. The van der Waals surface area contributed by atoms with Gasteiger partial charge in [0.05, 0.1) is 67.6 Å². The molecule has 414 valence electrons. The lowest BCUT2D eigenvalue weighted by atomic mass is 9.95. The Morgan fingerprint density at radius 2 is 0.581 bits per heavy atom. The highest BCUT2D eigenvalue weighted by Gasteiger charge is 2.18. The van der Waals surface area contributed by atoms with E-state index in [-0.39, 0.29) is 33.6 Å². The van der Waals surface area contributed by atoms with Gasteiger partial charge in [0.25, 0.3) is 11.4 Å². The number of methoxy groups -OCH3 is 5. The molecular weight excluding hydrogens is 1090 g/mol. The molecule has 9 aromatic rings. The number of carbonyl (C=O) groups excluding carboxylic acids is 4. The Morgan fingerprint density at radius 3 is 0.849 bits per heavy atom. The molecule has 0 N–H and O–H groups in total. The lowest BCUT2D eigenvalue weighted by Gasteiger charge is -2.12. The Kier molecular flexibility index (Phi) is 17.7.